The zero-order valence-electron chi connectivity index (χ0n) is 16.1. The van der Waals surface area contributed by atoms with Crippen LogP contribution in [0.25, 0.3) is 10.8 Å². The summed E-state index contributed by atoms with van der Waals surface area (Å²) in [7, 11) is 0. The summed E-state index contributed by atoms with van der Waals surface area (Å²) in [5.74, 6) is 2.01. The fourth-order valence-corrected chi connectivity index (χ4v) is 6.07. The molecule has 0 radical (unpaired) electrons. The number of carbonyl (C=O) groups is 1. The van der Waals surface area contributed by atoms with Crippen LogP contribution in [0.3, 0.4) is 0 Å². The van der Waals surface area contributed by atoms with Crippen LogP contribution >= 0.6 is 11.8 Å². The van der Waals surface area contributed by atoms with Gasteiger partial charge in [-0.15, -0.1) is 0 Å². The first-order valence-corrected chi connectivity index (χ1v) is 11.2. The molecule has 29 heavy (non-hydrogen) atoms. The molecule has 2 aliphatic rings. The fraction of sp³-hybridized carbons (Fsp3) is 0.348. The minimum absolute atomic E-state index is 0.126. The van der Waals surface area contributed by atoms with Gasteiger partial charge in [0, 0.05) is 35.7 Å². The van der Waals surface area contributed by atoms with E-state index in [9.17, 15) is 9.59 Å². The quantitative estimate of drug-likeness (QED) is 0.725. The van der Waals surface area contributed by atoms with Crippen molar-refractivity contribution in [2.45, 2.75) is 24.5 Å². The maximum Gasteiger partial charge on any atom is 0.272 e. The molecule has 2 aliphatic heterocycles. The molecule has 0 saturated carbocycles. The Morgan fingerprint density at radius 2 is 2.00 bits per heavy atom. The summed E-state index contributed by atoms with van der Waals surface area (Å²) in [6, 6.07) is 15.3. The van der Waals surface area contributed by atoms with Crippen molar-refractivity contribution in [3.05, 3.63) is 75.7 Å². The third-order valence-corrected chi connectivity index (χ3v) is 7.61. The molecule has 3 heterocycles. The Morgan fingerprint density at radius 3 is 2.90 bits per heavy atom. The number of H-pyrrole nitrogens is 1. The molecule has 1 aromatic heterocycles. The van der Waals surface area contributed by atoms with Crippen LogP contribution in [-0.4, -0.2) is 45.1 Å². The Bertz CT molecular complexity index is 1130. The first-order valence-electron chi connectivity index (χ1n) is 10.1. The summed E-state index contributed by atoms with van der Waals surface area (Å²) in [5, 5.41) is 9.09. The largest absolute Gasteiger partial charge is 0.338 e. The van der Waals surface area contributed by atoms with Crippen molar-refractivity contribution in [1.29, 1.82) is 0 Å². The van der Waals surface area contributed by atoms with Gasteiger partial charge in [-0.2, -0.15) is 16.9 Å². The highest BCUT2D eigenvalue weighted by molar-refractivity contribution is 8.00. The maximum absolute atomic E-state index is 13.1. The summed E-state index contributed by atoms with van der Waals surface area (Å²) in [6.45, 7) is 1.73. The molecule has 5 rings (SSSR count). The van der Waals surface area contributed by atoms with Crippen LogP contribution in [0.5, 0.6) is 0 Å². The van der Waals surface area contributed by atoms with E-state index in [-0.39, 0.29) is 11.5 Å². The normalized spacial score (nSPS) is 21.3. The zero-order chi connectivity index (χ0) is 19.8. The minimum atomic E-state index is -0.179. The third kappa shape index (κ3) is 3.57. The van der Waals surface area contributed by atoms with Gasteiger partial charge in [0.25, 0.3) is 11.5 Å². The second kappa shape index (κ2) is 7.67. The monoisotopic (exact) mass is 405 g/mol. The predicted octanol–water partition coefficient (Wildman–Crippen LogP) is 3.48. The van der Waals surface area contributed by atoms with Crippen molar-refractivity contribution >= 4 is 28.4 Å². The minimum Gasteiger partial charge on any atom is -0.338 e. The Hall–Kier alpha value is -2.60. The lowest BCUT2D eigenvalue weighted by Crippen LogP contribution is -2.43. The lowest BCUT2D eigenvalue weighted by molar-refractivity contribution is 0.0683. The molecule has 6 heteroatoms. The number of aromatic nitrogens is 2. The van der Waals surface area contributed by atoms with E-state index in [1.54, 1.807) is 0 Å². The van der Waals surface area contributed by atoms with Gasteiger partial charge in [-0.3, -0.25) is 9.59 Å². The van der Waals surface area contributed by atoms with Crippen LogP contribution in [0.4, 0.5) is 0 Å². The highest BCUT2D eigenvalue weighted by Crippen LogP contribution is 2.38. The van der Waals surface area contributed by atoms with E-state index in [1.807, 2.05) is 53.4 Å². The van der Waals surface area contributed by atoms with Crippen LogP contribution in [0.15, 0.2) is 53.3 Å². The topological polar surface area (TPSA) is 66.1 Å². The van der Waals surface area contributed by atoms with Crippen molar-refractivity contribution in [2.75, 3.05) is 18.8 Å². The van der Waals surface area contributed by atoms with Gasteiger partial charge < -0.3 is 4.90 Å². The van der Waals surface area contributed by atoms with Crippen molar-refractivity contribution in [2.24, 2.45) is 5.92 Å². The molecule has 1 N–H and O–H groups in total. The zero-order valence-corrected chi connectivity index (χ0v) is 17.0. The first kappa shape index (κ1) is 18.4. The van der Waals surface area contributed by atoms with Gasteiger partial charge in [-0.25, -0.2) is 5.10 Å². The van der Waals surface area contributed by atoms with Gasteiger partial charge in [-0.05, 0) is 48.3 Å². The number of nitrogens with one attached hydrogen (secondary N) is 1. The molecule has 2 saturated heterocycles. The molecule has 0 aliphatic carbocycles. The van der Waals surface area contributed by atoms with E-state index in [1.165, 1.54) is 12.2 Å². The summed E-state index contributed by atoms with van der Waals surface area (Å²) in [6.07, 6.45) is 2.90. The average Bonchev–Trinajstić information content (AvgIpc) is 3.23. The number of thioether (sulfide) groups is 1. The highest BCUT2D eigenvalue weighted by Gasteiger charge is 2.35. The molecule has 2 atom stereocenters. The Labute approximate surface area is 173 Å². The molecule has 148 valence electrons. The second-order valence-corrected chi connectivity index (χ2v) is 9.27. The standard InChI is InChI=1S/C23H23N3O2S/c27-22-19-7-2-1-6-18(19)20(24-25-22)13-15-4-3-5-16(12-15)23(28)26-10-8-21-17(14-26)9-11-29-21/h1-7,12,17,21H,8-11,13-14H2,(H,25,27). The van der Waals surface area contributed by atoms with Crippen LogP contribution in [0, 0.1) is 5.92 Å². The molecular weight excluding hydrogens is 382 g/mol. The fourth-order valence-electron chi connectivity index (χ4n) is 4.56. The molecule has 1 amide bonds. The van der Waals surface area contributed by atoms with Crippen LogP contribution in [-0.2, 0) is 6.42 Å². The summed E-state index contributed by atoms with van der Waals surface area (Å²) in [4.78, 5) is 27.1. The first-order chi connectivity index (χ1) is 14.2. The SMILES string of the molecule is O=C(c1cccc(Cc2n[nH]c(=O)c3ccccc23)c1)N1CCC2SCCC2C1. The number of carbonyl (C=O) groups excluding carboxylic acids is 1. The van der Waals surface area contributed by atoms with Gasteiger partial charge >= 0.3 is 0 Å². The molecular formula is C23H23N3O2S. The van der Waals surface area contributed by atoms with E-state index in [0.29, 0.717) is 17.7 Å². The highest BCUT2D eigenvalue weighted by atomic mass is 32.2. The summed E-state index contributed by atoms with van der Waals surface area (Å²) < 4.78 is 0. The van der Waals surface area contributed by atoms with Crippen molar-refractivity contribution < 1.29 is 4.79 Å². The van der Waals surface area contributed by atoms with E-state index >= 15 is 0 Å². The number of hydrogen-bond acceptors (Lipinski definition) is 4. The molecule has 5 nitrogen and oxygen atoms in total. The summed E-state index contributed by atoms with van der Waals surface area (Å²) in [5.41, 5.74) is 2.39. The Morgan fingerprint density at radius 1 is 1.14 bits per heavy atom. The third-order valence-electron chi connectivity index (χ3n) is 6.09. The second-order valence-electron chi connectivity index (χ2n) is 7.92. The average molecular weight is 406 g/mol. The Balaban J connectivity index is 1.38. The van der Waals surface area contributed by atoms with Gasteiger partial charge in [-0.1, -0.05) is 30.3 Å². The van der Waals surface area contributed by atoms with Crippen LogP contribution < -0.4 is 5.56 Å². The maximum atomic E-state index is 13.1. The molecule has 0 bridgehead atoms. The number of aromatic amines is 1. The van der Waals surface area contributed by atoms with E-state index in [4.69, 9.17) is 0 Å². The number of piperidine rings is 1. The number of amides is 1. The number of rotatable bonds is 3. The van der Waals surface area contributed by atoms with Gasteiger partial charge in [0.2, 0.25) is 0 Å². The number of nitrogens with zero attached hydrogens (tertiary/aromatic N) is 2. The molecule has 2 fully saturated rings. The number of benzene rings is 2. The number of hydrogen-bond donors (Lipinski definition) is 1. The lowest BCUT2D eigenvalue weighted by atomic mass is 9.94. The molecule has 3 aromatic rings. The number of fused-ring (bicyclic) bond motifs is 2. The lowest BCUT2D eigenvalue weighted by Gasteiger charge is -2.34. The summed E-state index contributed by atoms with van der Waals surface area (Å²) >= 11 is 2.07. The smallest absolute Gasteiger partial charge is 0.272 e. The van der Waals surface area contributed by atoms with Gasteiger partial charge in [0.15, 0.2) is 0 Å². The van der Waals surface area contributed by atoms with Crippen molar-refractivity contribution in [3.8, 4) is 0 Å². The van der Waals surface area contributed by atoms with Gasteiger partial charge in [0.05, 0.1) is 11.1 Å². The van der Waals surface area contributed by atoms with E-state index < -0.39 is 0 Å². The molecule has 0 spiro atoms. The van der Waals surface area contributed by atoms with Crippen molar-refractivity contribution in [3.63, 3.8) is 0 Å². The predicted molar refractivity (Wildman–Crippen MR) is 116 cm³/mol. The number of likely N-dealkylation sites (tertiary alicyclic amines) is 1. The van der Waals surface area contributed by atoms with Gasteiger partial charge in [0.1, 0.15) is 0 Å². The van der Waals surface area contributed by atoms with E-state index in [2.05, 4.69) is 22.0 Å². The van der Waals surface area contributed by atoms with Crippen molar-refractivity contribution in [1.82, 2.24) is 15.1 Å². The van der Waals surface area contributed by atoms with Crippen LogP contribution in [0.2, 0.25) is 0 Å². The molecule has 2 aromatic carbocycles. The Kier molecular flexibility index (Phi) is 4.87. The van der Waals surface area contributed by atoms with E-state index in [0.717, 1.165) is 47.0 Å². The van der Waals surface area contributed by atoms with Crippen LogP contribution in [0.1, 0.15) is 34.5 Å². The molecule has 2 unspecified atom stereocenters.